The molecule has 2 aromatic rings. The topological polar surface area (TPSA) is 24.9 Å². The molecular weight excluding hydrogens is 259 g/mol. The van der Waals surface area contributed by atoms with Crippen LogP contribution in [0, 0.1) is 12.7 Å². The molecule has 0 spiro atoms. The molecule has 19 heavy (non-hydrogen) atoms. The van der Waals surface area contributed by atoms with Crippen molar-refractivity contribution in [1.82, 2.24) is 10.3 Å². The summed E-state index contributed by atoms with van der Waals surface area (Å²) in [4.78, 5) is 5.55. The number of aryl methyl sites for hydroxylation is 2. The average Bonchev–Trinajstić information content (AvgIpc) is 2.87. The Morgan fingerprint density at radius 3 is 2.84 bits per heavy atom. The fraction of sp³-hybridized carbons (Fsp3) is 0.400. The third-order valence-corrected chi connectivity index (χ3v) is 4.32. The van der Waals surface area contributed by atoms with Crippen LogP contribution in [-0.4, -0.2) is 4.98 Å². The van der Waals surface area contributed by atoms with Gasteiger partial charge in [-0.15, -0.1) is 11.3 Å². The first-order valence-electron chi connectivity index (χ1n) is 6.53. The number of hydrogen-bond acceptors (Lipinski definition) is 3. The van der Waals surface area contributed by atoms with Gasteiger partial charge in [0.05, 0.1) is 5.01 Å². The van der Waals surface area contributed by atoms with Gasteiger partial charge in [-0.2, -0.15) is 0 Å². The molecule has 0 aliphatic carbocycles. The highest BCUT2D eigenvalue weighted by Crippen LogP contribution is 2.18. The fourth-order valence-corrected chi connectivity index (χ4v) is 2.66. The quantitative estimate of drug-likeness (QED) is 0.894. The maximum Gasteiger partial charge on any atom is 0.126 e. The molecule has 1 unspecified atom stereocenters. The molecule has 0 bridgehead atoms. The number of aromatic nitrogens is 1. The van der Waals surface area contributed by atoms with Crippen molar-refractivity contribution in [3.63, 3.8) is 0 Å². The maximum absolute atomic E-state index is 13.5. The summed E-state index contributed by atoms with van der Waals surface area (Å²) in [5, 5.41) is 4.56. The molecule has 0 aliphatic rings. The molecule has 2 rings (SSSR count). The maximum atomic E-state index is 13.5. The molecule has 0 fully saturated rings. The van der Waals surface area contributed by atoms with E-state index in [1.54, 1.807) is 24.3 Å². The van der Waals surface area contributed by atoms with E-state index >= 15 is 0 Å². The van der Waals surface area contributed by atoms with Gasteiger partial charge in [-0.05, 0) is 37.5 Å². The molecule has 0 saturated heterocycles. The van der Waals surface area contributed by atoms with Crippen LogP contribution in [0.5, 0.6) is 0 Å². The van der Waals surface area contributed by atoms with Crippen LogP contribution >= 0.6 is 11.3 Å². The summed E-state index contributed by atoms with van der Waals surface area (Å²) in [6.45, 7) is 6.70. The minimum atomic E-state index is -0.141. The Labute approximate surface area is 117 Å². The molecule has 1 heterocycles. The summed E-state index contributed by atoms with van der Waals surface area (Å²) in [5.41, 5.74) is 1.66. The van der Waals surface area contributed by atoms with Crippen LogP contribution in [0.1, 0.15) is 40.9 Å². The Bertz CT molecular complexity index is 551. The first-order valence-corrected chi connectivity index (χ1v) is 7.34. The van der Waals surface area contributed by atoms with Crippen molar-refractivity contribution >= 4 is 11.3 Å². The van der Waals surface area contributed by atoms with Gasteiger partial charge in [-0.1, -0.05) is 19.1 Å². The van der Waals surface area contributed by atoms with Crippen molar-refractivity contribution in [2.45, 2.75) is 39.8 Å². The lowest BCUT2D eigenvalue weighted by Crippen LogP contribution is -2.17. The first-order chi connectivity index (χ1) is 9.10. The largest absolute Gasteiger partial charge is 0.305 e. The van der Waals surface area contributed by atoms with E-state index in [1.165, 1.54) is 4.88 Å². The molecule has 0 aliphatic heterocycles. The number of halogens is 1. The highest BCUT2D eigenvalue weighted by molar-refractivity contribution is 7.11. The smallest absolute Gasteiger partial charge is 0.126 e. The SMILES string of the molecule is CCc1ncc(CNC(C)c2ccc(C)c(F)c2)s1. The Morgan fingerprint density at radius 2 is 2.21 bits per heavy atom. The third-order valence-electron chi connectivity index (χ3n) is 3.18. The molecule has 2 nitrogen and oxygen atoms in total. The monoisotopic (exact) mass is 278 g/mol. The summed E-state index contributed by atoms with van der Waals surface area (Å²) in [5.74, 6) is -0.141. The minimum absolute atomic E-state index is 0.127. The van der Waals surface area contributed by atoms with Gasteiger partial charge in [-0.25, -0.2) is 9.37 Å². The molecule has 1 aromatic carbocycles. The van der Waals surface area contributed by atoms with Crippen LogP contribution < -0.4 is 5.32 Å². The first kappa shape index (κ1) is 14.2. The second kappa shape index (κ2) is 6.26. The summed E-state index contributed by atoms with van der Waals surface area (Å²) in [6.07, 6.45) is 2.89. The van der Waals surface area contributed by atoms with Gasteiger partial charge in [-0.3, -0.25) is 0 Å². The minimum Gasteiger partial charge on any atom is -0.305 e. The zero-order chi connectivity index (χ0) is 13.8. The second-order valence-corrected chi connectivity index (χ2v) is 5.88. The Kier molecular flexibility index (Phi) is 4.66. The normalized spacial score (nSPS) is 12.6. The van der Waals surface area contributed by atoms with E-state index in [2.05, 4.69) is 17.2 Å². The van der Waals surface area contributed by atoms with Crippen LogP contribution in [-0.2, 0) is 13.0 Å². The van der Waals surface area contributed by atoms with Crippen LogP contribution in [0.15, 0.2) is 24.4 Å². The van der Waals surface area contributed by atoms with Crippen molar-refractivity contribution in [3.8, 4) is 0 Å². The van der Waals surface area contributed by atoms with Crippen molar-refractivity contribution < 1.29 is 4.39 Å². The van der Waals surface area contributed by atoms with Crippen molar-refractivity contribution in [1.29, 1.82) is 0 Å². The standard InChI is InChI=1S/C15H19FN2S/c1-4-15-18-9-13(19-15)8-17-11(3)12-6-5-10(2)14(16)7-12/h5-7,9,11,17H,4,8H2,1-3H3. The van der Waals surface area contributed by atoms with E-state index < -0.39 is 0 Å². The zero-order valence-corrected chi connectivity index (χ0v) is 12.4. The van der Waals surface area contributed by atoms with Crippen LogP contribution in [0.3, 0.4) is 0 Å². The highest BCUT2D eigenvalue weighted by Gasteiger charge is 2.08. The lowest BCUT2D eigenvalue weighted by atomic mass is 10.1. The zero-order valence-electron chi connectivity index (χ0n) is 11.5. The van der Waals surface area contributed by atoms with E-state index in [0.717, 1.165) is 23.5 Å². The number of rotatable bonds is 5. The molecule has 0 amide bonds. The number of nitrogens with zero attached hydrogens (tertiary/aromatic N) is 1. The lowest BCUT2D eigenvalue weighted by Gasteiger charge is -2.14. The molecule has 4 heteroatoms. The Hall–Kier alpha value is -1.26. The van der Waals surface area contributed by atoms with Gasteiger partial charge in [0, 0.05) is 23.7 Å². The fourth-order valence-electron chi connectivity index (χ4n) is 1.84. The van der Waals surface area contributed by atoms with Gasteiger partial charge in [0.15, 0.2) is 0 Å². The lowest BCUT2D eigenvalue weighted by molar-refractivity contribution is 0.566. The van der Waals surface area contributed by atoms with Crippen molar-refractivity contribution in [2.75, 3.05) is 0 Å². The highest BCUT2D eigenvalue weighted by atomic mass is 32.1. The van der Waals surface area contributed by atoms with E-state index in [-0.39, 0.29) is 11.9 Å². The van der Waals surface area contributed by atoms with Gasteiger partial charge < -0.3 is 5.32 Å². The van der Waals surface area contributed by atoms with Gasteiger partial charge in [0.25, 0.3) is 0 Å². The molecule has 1 aromatic heterocycles. The van der Waals surface area contributed by atoms with Crippen molar-refractivity contribution in [3.05, 3.63) is 51.2 Å². The molecule has 0 radical (unpaired) electrons. The van der Waals surface area contributed by atoms with Gasteiger partial charge in [0.2, 0.25) is 0 Å². The van der Waals surface area contributed by atoms with Crippen molar-refractivity contribution in [2.24, 2.45) is 0 Å². The Balaban J connectivity index is 1.96. The number of nitrogens with one attached hydrogen (secondary N) is 1. The predicted molar refractivity (Wildman–Crippen MR) is 77.9 cm³/mol. The molecule has 0 saturated carbocycles. The van der Waals surface area contributed by atoms with Crippen LogP contribution in [0.25, 0.3) is 0 Å². The van der Waals surface area contributed by atoms with Gasteiger partial charge >= 0.3 is 0 Å². The summed E-state index contributed by atoms with van der Waals surface area (Å²) >= 11 is 1.73. The number of thiazole rings is 1. The molecule has 1 N–H and O–H groups in total. The van der Waals surface area contributed by atoms with E-state index in [9.17, 15) is 4.39 Å². The van der Waals surface area contributed by atoms with Crippen LogP contribution in [0.4, 0.5) is 4.39 Å². The number of benzene rings is 1. The summed E-state index contributed by atoms with van der Waals surface area (Å²) in [6, 6.07) is 5.53. The van der Waals surface area contributed by atoms with E-state index in [4.69, 9.17) is 0 Å². The van der Waals surface area contributed by atoms with Crippen LogP contribution in [0.2, 0.25) is 0 Å². The molecule has 1 atom stereocenters. The molecule has 102 valence electrons. The second-order valence-electron chi connectivity index (χ2n) is 4.69. The summed E-state index contributed by atoms with van der Waals surface area (Å²) < 4.78 is 13.5. The third kappa shape index (κ3) is 3.61. The van der Waals surface area contributed by atoms with Gasteiger partial charge in [0.1, 0.15) is 5.82 Å². The average molecular weight is 278 g/mol. The predicted octanol–water partition coefficient (Wildman–Crippen LogP) is 4.00. The Morgan fingerprint density at radius 1 is 1.42 bits per heavy atom. The number of hydrogen-bond donors (Lipinski definition) is 1. The van der Waals surface area contributed by atoms with E-state index in [1.807, 2.05) is 25.3 Å². The molecular formula is C15H19FN2S. The van der Waals surface area contributed by atoms with E-state index in [0.29, 0.717) is 5.56 Å². The summed E-state index contributed by atoms with van der Waals surface area (Å²) in [7, 11) is 0.